The Morgan fingerprint density at radius 1 is 1.50 bits per heavy atom. The fraction of sp³-hybridized carbons (Fsp3) is 0.400. The predicted molar refractivity (Wildman–Crippen MR) is 67.0 cm³/mol. The molecule has 0 saturated heterocycles. The maximum atomic E-state index is 11.6. The number of aromatic nitrogens is 5. The topological polar surface area (TPSA) is 76.5 Å². The summed E-state index contributed by atoms with van der Waals surface area (Å²) >= 11 is 7.19. The largest absolute Gasteiger partial charge is 0.344 e. The monoisotopic (exact) mass is 283 g/mol. The lowest BCUT2D eigenvalue weighted by Gasteiger charge is -2.03. The van der Waals surface area contributed by atoms with E-state index in [1.165, 1.54) is 11.8 Å². The molecule has 6 nitrogen and oxygen atoms in total. The molecule has 0 aliphatic heterocycles. The van der Waals surface area contributed by atoms with Crippen LogP contribution in [0, 0.1) is 6.92 Å². The predicted octanol–water partition coefficient (Wildman–Crippen LogP) is 1.81. The van der Waals surface area contributed by atoms with E-state index >= 15 is 0 Å². The van der Waals surface area contributed by atoms with Crippen LogP contribution in [-0.2, 0) is 0 Å². The van der Waals surface area contributed by atoms with Gasteiger partial charge in [0.2, 0.25) is 0 Å². The normalized spacial score (nSPS) is 15.0. The summed E-state index contributed by atoms with van der Waals surface area (Å²) in [5.74, 6) is 0.598. The first-order valence-corrected chi connectivity index (χ1v) is 6.69. The van der Waals surface area contributed by atoms with E-state index in [4.69, 9.17) is 11.6 Å². The maximum Gasteiger partial charge on any atom is 0.344 e. The zero-order valence-corrected chi connectivity index (χ0v) is 11.1. The summed E-state index contributed by atoms with van der Waals surface area (Å²) in [4.78, 5) is 19.9. The number of nitrogens with zero attached hydrogens (tertiary/aromatic N) is 4. The lowest BCUT2D eigenvalue weighted by molar-refractivity contribution is 0.642. The summed E-state index contributed by atoms with van der Waals surface area (Å²) in [7, 11) is 0. The second-order valence-electron chi connectivity index (χ2n) is 4.09. The van der Waals surface area contributed by atoms with Crippen molar-refractivity contribution in [2.45, 2.75) is 36.0 Å². The minimum atomic E-state index is -0.170. The van der Waals surface area contributed by atoms with Gasteiger partial charge < -0.3 is 0 Å². The summed E-state index contributed by atoms with van der Waals surface area (Å²) in [5, 5.41) is 8.18. The van der Waals surface area contributed by atoms with E-state index in [2.05, 4.69) is 20.2 Å². The summed E-state index contributed by atoms with van der Waals surface area (Å²) in [6.45, 7) is 1.77. The van der Waals surface area contributed by atoms with Gasteiger partial charge in [0.25, 0.3) is 0 Å². The molecule has 0 aromatic carbocycles. The third-order valence-electron chi connectivity index (χ3n) is 2.56. The highest BCUT2D eigenvalue weighted by atomic mass is 35.5. The summed E-state index contributed by atoms with van der Waals surface area (Å²) in [6, 6.07) is 1.94. The van der Waals surface area contributed by atoms with E-state index in [1.54, 1.807) is 17.6 Å². The van der Waals surface area contributed by atoms with Crippen molar-refractivity contribution >= 4 is 23.4 Å². The second-order valence-corrected chi connectivity index (χ2v) is 5.47. The molecule has 2 aromatic heterocycles. The van der Waals surface area contributed by atoms with Gasteiger partial charge in [0, 0.05) is 12.1 Å². The Morgan fingerprint density at radius 3 is 2.94 bits per heavy atom. The molecule has 1 N–H and O–H groups in total. The molecular formula is C10H10ClN5OS. The number of halogens is 1. The van der Waals surface area contributed by atoms with Crippen LogP contribution in [-0.4, -0.2) is 24.7 Å². The van der Waals surface area contributed by atoms with E-state index in [0.717, 1.165) is 12.8 Å². The Morgan fingerprint density at radius 2 is 2.28 bits per heavy atom. The van der Waals surface area contributed by atoms with E-state index in [9.17, 15) is 4.79 Å². The molecule has 1 saturated carbocycles. The van der Waals surface area contributed by atoms with Gasteiger partial charge in [0.15, 0.2) is 5.16 Å². The van der Waals surface area contributed by atoms with Gasteiger partial charge in [-0.25, -0.2) is 19.9 Å². The molecule has 0 radical (unpaired) electrons. The number of hydrogen-bond acceptors (Lipinski definition) is 5. The molecule has 3 rings (SSSR count). The number of rotatable bonds is 3. The van der Waals surface area contributed by atoms with Crippen molar-refractivity contribution in [1.29, 1.82) is 0 Å². The number of nitrogens with one attached hydrogen (secondary N) is 1. The van der Waals surface area contributed by atoms with Crippen LogP contribution in [0.2, 0.25) is 5.15 Å². The van der Waals surface area contributed by atoms with Crippen molar-refractivity contribution in [3.05, 3.63) is 27.5 Å². The Kier molecular flexibility index (Phi) is 2.87. The average molecular weight is 284 g/mol. The first-order chi connectivity index (χ1) is 8.63. The molecule has 1 aliphatic rings. The van der Waals surface area contributed by atoms with Crippen LogP contribution >= 0.6 is 23.4 Å². The first kappa shape index (κ1) is 11.7. The van der Waals surface area contributed by atoms with Crippen LogP contribution in [0.3, 0.4) is 0 Å². The van der Waals surface area contributed by atoms with Crippen LogP contribution in [0.25, 0.3) is 0 Å². The van der Waals surface area contributed by atoms with Gasteiger partial charge in [0.05, 0.1) is 0 Å². The van der Waals surface area contributed by atoms with Gasteiger partial charge in [-0.3, -0.25) is 4.57 Å². The molecule has 1 fully saturated rings. The minimum Gasteiger partial charge on any atom is -0.267 e. The fourth-order valence-electron chi connectivity index (χ4n) is 1.67. The Bertz CT molecular complexity index is 628. The SMILES string of the molecule is Cc1nc(Cl)cc(Sc2n[nH]c(=O)n2C2CC2)n1. The second kappa shape index (κ2) is 4.40. The zero-order chi connectivity index (χ0) is 12.7. The van der Waals surface area contributed by atoms with Crippen molar-refractivity contribution in [2.24, 2.45) is 0 Å². The smallest absolute Gasteiger partial charge is 0.267 e. The Labute approximate surface area is 112 Å². The molecular weight excluding hydrogens is 274 g/mol. The molecule has 18 heavy (non-hydrogen) atoms. The van der Waals surface area contributed by atoms with E-state index in [0.29, 0.717) is 21.2 Å². The lowest BCUT2D eigenvalue weighted by atomic mass is 10.6. The number of aromatic amines is 1. The van der Waals surface area contributed by atoms with E-state index in [1.807, 2.05) is 0 Å². The molecule has 0 amide bonds. The minimum absolute atomic E-state index is 0.170. The third kappa shape index (κ3) is 2.28. The molecule has 94 valence electrons. The van der Waals surface area contributed by atoms with Gasteiger partial charge in [-0.2, -0.15) is 0 Å². The van der Waals surface area contributed by atoms with Crippen molar-refractivity contribution in [1.82, 2.24) is 24.7 Å². The first-order valence-electron chi connectivity index (χ1n) is 5.49. The molecule has 0 bridgehead atoms. The number of aryl methyl sites for hydroxylation is 1. The van der Waals surface area contributed by atoms with Gasteiger partial charge in [-0.15, -0.1) is 5.10 Å². The standard InChI is InChI=1S/C10H10ClN5OS/c1-5-12-7(11)4-8(13-5)18-10-15-14-9(17)16(10)6-2-3-6/h4,6H,2-3H2,1H3,(H,14,17). The van der Waals surface area contributed by atoms with Gasteiger partial charge in [-0.05, 0) is 31.5 Å². The van der Waals surface area contributed by atoms with E-state index < -0.39 is 0 Å². The summed E-state index contributed by atoms with van der Waals surface area (Å²) < 4.78 is 1.68. The fourth-order valence-corrected chi connectivity index (χ4v) is 2.92. The Balaban J connectivity index is 1.94. The zero-order valence-electron chi connectivity index (χ0n) is 9.55. The Hall–Kier alpha value is -1.34. The molecule has 0 atom stereocenters. The van der Waals surface area contributed by atoms with Crippen molar-refractivity contribution < 1.29 is 0 Å². The lowest BCUT2D eigenvalue weighted by Crippen LogP contribution is -2.16. The molecule has 2 aromatic rings. The maximum absolute atomic E-state index is 11.6. The van der Waals surface area contributed by atoms with Crippen molar-refractivity contribution in [3.63, 3.8) is 0 Å². The van der Waals surface area contributed by atoms with Gasteiger partial charge in [-0.1, -0.05) is 11.6 Å². The van der Waals surface area contributed by atoms with Crippen LogP contribution in [0.1, 0.15) is 24.7 Å². The van der Waals surface area contributed by atoms with E-state index in [-0.39, 0.29) is 11.7 Å². The average Bonchev–Trinajstić information content (AvgIpc) is 3.04. The third-order valence-corrected chi connectivity index (χ3v) is 3.65. The van der Waals surface area contributed by atoms with Gasteiger partial charge >= 0.3 is 5.69 Å². The highest BCUT2D eigenvalue weighted by Crippen LogP contribution is 2.37. The molecule has 0 unspecified atom stereocenters. The molecule has 0 spiro atoms. The highest BCUT2D eigenvalue weighted by Gasteiger charge is 2.28. The number of H-pyrrole nitrogens is 1. The molecule has 8 heteroatoms. The van der Waals surface area contributed by atoms with Crippen molar-refractivity contribution in [2.75, 3.05) is 0 Å². The number of hydrogen-bond donors (Lipinski definition) is 1. The van der Waals surface area contributed by atoms with Crippen LogP contribution in [0.5, 0.6) is 0 Å². The summed E-state index contributed by atoms with van der Waals surface area (Å²) in [5.41, 5.74) is -0.170. The highest BCUT2D eigenvalue weighted by molar-refractivity contribution is 7.99. The summed E-state index contributed by atoms with van der Waals surface area (Å²) in [6.07, 6.45) is 2.05. The van der Waals surface area contributed by atoms with Gasteiger partial charge in [0.1, 0.15) is 16.0 Å². The van der Waals surface area contributed by atoms with Crippen molar-refractivity contribution in [3.8, 4) is 0 Å². The van der Waals surface area contributed by atoms with Crippen LogP contribution in [0.4, 0.5) is 0 Å². The quantitative estimate of drug-likeness (QED) is 0.870. The van der Waals surface area contributed by atoms with Crippen LogP contribution < -0.4 is 5.69 Å². The van der Waals surface area contributed by atoms with Crippen LogP contribution in [0.15, 0.2) is 21.0 Å². The molecule has 2 heterocycles. The molecule has 1 aliphatic carbocycles.